The fraction of sp³-hybridized carbons (Fsp3) is 0.529. The Labute approximate surface area is 136 Å². The summed E-state index contributed by atoms with van der Waals surface area (Å²) in [7, 11) is 0. The van der Waals surface area contributed by atoms with Gasteiger partial charge in [-0.1, -0.05) is 12.1 Å². The van der Waals surface area contributed by atoms with Crippen molar-refractivity contribution in [2.75, 3.05) is 26.2 Å². The molecule has 1 heterocycles. The summed E-state index contributed by atoms with van der Waals surface area (Å²) in [6.45, 7) is 6.92. The molecule has 1 atom stereocenters. The summed E-state index contributed by atoms with van der Waals surface area (Å²) in [6.07, 6.45) is 0.175. The predicted molar refractivity (Wildman–Crippen MR) is 86.2 cm³/mol. The van der Waals surface area contributed by atoms with Crippen LogP contribution in [0.2, 0.25) is 0 Å². The molecule has 1 aromatic carbocycles. The quantitative estimate of drug-likeness (QED) is 0.861. The second kappa shape index (κ2) is 8.06. The first-order valence-corrected chi connectivity index (χ1v) is 8.09. The third-order valence-corrected chi connectivity index (χ3v) is 4.22. The van der Waals surface area contributed by atoms with Crippen LogP contribution in [0.25, 0.3) is 0 Å². The van der Waals surface area contributed by atoms with Crippen LogP contribution in [0.15, 0.2) is 24.3 Å². The Bertz CT molecular complexity index is 543. The number of nitrogens with zero attached hydrogens (tertiary/aromatic N) is 2. The average Bonchev–Trinajstić information content (AvgIpc) is 2.54. The monoisotopic (exact) mass is 321 g/mol. The number of piperazine rings is 1. The molecule has 0 spiro atoms. The predicted octanol–water partition coefficient (Wildman–Crippen LogP) is 1.38. The molecule has 1 N–H and O–H groups in total. The van der Waals surface area contributed by atoms with Crippen LogP contribution in [0.5, 0.6) is 0 Å². The van der Waals surface area contributed by atoms with Gasteiger partial charge in [0.25, 0.3) is 0 Å². The van der Waals surface area contributed by atoms with E-state index in [2.05, 4.69) is 5.32 Å². The first-order chi connectivity index (χ1) is 11.0. The average molecular weight is 321 g/mol. The van der Waals surface area contributed by atoms with Gasteiger partial charge in [-0.15, -0.1) is 0 Å². The van der Waals surface area contributed by atoms with Crippen LogP contribution >= 0.6 is 0 Å². The van der Waals surface area contributed by atoms with Crippen molar-refractivity contribution >= 4 is 11.8 Å². The molecule has 23 heavy (non-hydrogen) atoms. The SMILES string of the molecule is CCN(CC)C(=O)CC1C(=O)NCCN1Cc1ccc(F)cc1. The van der Waals surface area contributed by atoms with E-state index in [0.29, 0.717) is 32.7 Å². The number of nitrogens with one attached hydrogen (secondary N) is 1. The van der Waals surface area contributed by atoms with Gasteiger partial charge >= 0.3 is 0 Å². The minimum atomic E-state index is -0.470. The van der Waals surface area contributed by atoms with Gasteiger partial charge in [0.1, 0.15) is 5.82 Å². The van der Waals surface area contributed by atoms with Crippen molar-refractivity contribution in [2.24, 2.45) is 0 Å². The van der Waals surface area contributed by atoms with Crippen molar-refractivity contribution in [1.29, 1.82) is 0 Å². The molecule has 0 bridgehead atoms. The van der Waals surface area contributed by atoms with E-state index in [1.165, 1.54) is 12.1 Å². The highest BCUT2D eigenvalue weighted by atomic mass is 19.1. The molecule has 0 saturated carbocycles. The number of halogens is 1. The van der Waals surface area contributed by atoms with Gasteiger partial charge in [-0.25, -0.2) is 4.39 Å². The molecule has 0 radical (unpaired) electrons. The molecule has 1 aliphatic heterocycles. The molecule has 1 fully saturated rings. The van der Waals surface area contributed by atoms with E-state index >= 15 is 0 Å². The van der Waals surface area contributed by atoms with Gasteiger partial charge in [-0.05, 0) is 31.5 Å². The molecule has 126 valence electrons. The highest BCUT2D eigenvalue weighted by Gasteiger charge is 2.32. The number of rotatable bonds is 6. The Morgan fingerprint density at radius 2 is 1.96 bits per heavy atom. The lowest BCUT2D eigenvalue weighted by Crippen LogP contribution is -2.56. The molecule has 6 heteroatoms. The second-order valence-electron chi connectivity index (χ2n) is 5.67. The van der Waals surface area contributed by atoms with Crippen molar-refractivity contribution in [3.8, 4) is 0 Å². The van der Waals surface area contributed by atoms with Gasteiger partial charge in [-0.2, -0.15) is 0 Å². The fourth-order valence-electron chi connectivity index (χ4n) is 2.87. The zero-order chi connectivity index (χ0) is 16.8. The molecule has 1 saturated heterocycles. The highest BCUT2D eigenvalue weighted by molar-refractivity contribution is 5.88. The second-order valence-corrected chi connectivity index (χ2v) is 5.67. The van der Waals surface area contributed by atoms with E-state index in [1.807, 2.05) is 18.7 Å². The van der Waals surface area contributed by atoms with Crippen LogP contribution < -0.4 is 5.32 Å². The van der Waals surface area contributed by atoms with Crippen LogP contribution in [-0.4, -0.2) is 53.8 Å². The summed E-state index contributed by atoms with van der Waals surface area (Å²) in [6, 6.07) is 5.78. The van der Waals surface area contributed by atoms with Gasteiger partial charge in [0.2, 0.25) is 11.8 Å². The maximum Gasteiger partial charge on any atom is 0.237 e. The minimum Gasteiger partial charge on any atom is -0.353 e. The third-order valence-electron chi connectivity index (χ3n) is 4.22. The van der Waals surface area contributed by atoms with E-state index in [4.69, 9.17) is 0 Å². The Morgan fingerprint density at radius 3 is 2.57 bits per heavy atom. The molecule has 1 aliphatic rings. The van der Waals surface area contributed by atoms with E-state index in [0.717, 1.165) is 5.56 Å². The smallest absolute Gasteiger partial charge is 0.237 e. The van der Waals surface area contributed by atoms with Gasteiger partial charge in [0, 0.05) is 32.7 Å². The molecular weight excluding hydrogens is 297 g/mol. The summed E-state index contributed by atoms with van der Waals surface area (Å²) >= 11 is 0. The lowest BCUT2D eigenvalue weighted by molar-refractivity contribution is -0.138. The zero-order valence-electron chi connectivity index (χ0n) is 13.7. The summed E-state index contributed by atoms with van der Waals surface area (Å²) < 4.78 is 13.0. The van der Waals surface area contributed by atoms with Crippen molar-refractivity contribution in [3.63, 3.8) is 0 Å². The molecule has 1 unspecified atom stereocenters. The minimum absolute atomic E-state index is 0.0128. The van der Waals surface area contributed by atoms with Crippen LogP contribution in [-0.2, 0) is 16.1 Å². The number of amides is 2. The highest BCUT2D eigenvalue weighted by Crippen LogP contribution is 2.15. The van der Waals surface area contributed by atoms with E-state index in [9.17, 15) is 14.0 Å². The first-order valence-electron chi connectivity index (χ1n) is 8.09. The molecule has 1 aromatic rings. The fourth-order valence-corrected chi connectivity index (χ4v) is 2.87. The molecule has 2 amide bonds. The van der Waals surface area contributed by atoms with Crippen molar-refractivity contribution in [2.45, 2.75) is 32.9 Å². The number of benzene rings is 1. The van der Waals surface area contributed by atoms with Gasteiger partial charge in [0.05, 0.1) is 12.5 Å². The lowest BCUT2D eigenvalue weighted by atomic mass is 10.1. The summed E-state index contributed by atoms with van der Waals surface area (Å²) in [5, 5.41) is 2.83. The van der Waals surface area contributed by atoms with Gasteiger partial charge in [-0.3, -0.25) is 14.5 Å². The molecule has 2 rings (SSSR count). The third kappa shape index (κ3) is 4.51. The summed E-state index contributed by atoms with van der Waals surface area (Å²) in [4.78, 5) is 28.3. The number of hydrogen-bond acceptors (Lipinski definition) is 3. The van der Waals surface area contributed by atoms with Crippen LogP contribution in [0, 0.1) is 5.82 Å². The van der Waals surface area contributed by atoms with Crippen molar-refractivity contribution < 1.29 is 14.0 Å². The number of carbonyl (C=O) groups excluding carboxylic acids is 2. The number of carbonyl (C=O) groups is 2. The normalized spacial score (nSPS) is 18.6. The van der Waals surface area contributed by atoms with Crippen LogP contribution in [0.1, 0.15) is 25.8 Å². The van der Waals surface area contributed by atoms with E-state index < -0.39 is 6.04 Å². The zero-order valence-corrected chi connectivity index (χ0v) is 13.7. The lowest BCUT2D eigenvalue weighted by Gasteiger charge is -2.35. The first kappa shape index (κ1) is 17.4. The largest absolute Gasteiger partial charge is 0.353 e. The van der Waals surface area contributed by atoms with Crippen molar-refractivity contribution in [3.05, 3.63) is 35.6 Å². The Hall–Kier alpha value is -1.95. The topological polar surface area (TPSA) is 52.7 Å². The molecule has 0 aromatic heterocycles. The maximum atomic E-state index is 13.0. The standard InChI is InChI=1S/C17H24FN3O2/c1-3-20(4-2)16(22)11-15-17(23)19-9-10-21(15)12-13-5-7-14(18)8-6-13/h5-8,15H,3-4,9-12H2,1-2H3,(H,19,23). The van der Waals surface area contributed by atoms with E-state index in [1.54, 1.807) is 17.0 Å². The molecule has 0 aliphatic carbocycles. The Kier molecular flexibility index (Phi) is 6.10. The van der Waals surface area contributed by atoms with Crippen LogP contribution in [0.3, 0.4) is 0 Å². The molecular formula is C17H24FN3O2. The summed E-state index contributed by atoms with van der Waals surface area (Å²) in [5.41, 5.74) is 0.932. The van der Waals surface area contributed by atoms with E-state index in [-0.39, 0.29) is 24.1 Å². The van der Waals surface area contributed by atoms with Crippen LogP contribution in [0.4, 0.5) is 4.39 Å². The Morgan fingerprint density at radius 1 is 1.30 bits per heavy atom. The summed E-state index contributed by atoms with van der Waals surface area (Å²) in [5.74, 6) is -0.404. The maximum absolute atomic E-state index is 13.0. The Balaban J connectivity index is 2.07. The molecule has 5 nitrogen and oxygen atoms in total. The van der Waals surface area contributed by atoms with Gasteiger partial charge in [0.15, 0.2) is 0 Å². The van der Waals surface area contributed by atoms with Crippen molar-refractivity contribution in [1.82, 2.24) is 15.1 Å². The van der Waals surface area contributed by atoms with Gasteiger partial charge < -0.3 is 10.2 Å². The number of hydrogen-bond donors (Lipinski definition) is 1.